The van der Waals surface area contributed by atoms with E-state index in [-0.39, 0.29) is 18.1 Å². The smallest absolute Gasteiger partial charge is 0.258 e. The van der Waals surface area contributed by atoms with E-state index in [2.05, 4.69) is 10.3 Å². The molecule has 1 N–H and O–H groups in total. The number of ether oxygens (including phenoxy) is 1. The average Bonchev–Trinajstić information content (AvgIpc) is 3.22. The Kier molecular flexibility index (Phi) is 6.39. The average molecular weight is 452 g/mol. The van der Waals surface area contributed by atoms with Crippen molar-refractivity contribution < 1.29 is 9.53 Å². The quantitative estimate of drug-likeness (QED) is 0.413. The van der Waals surface area contributed by atoms with Gasteiger partial charge in [0.2, 0.25) is 5.91 Å². The Morgan fingerprint density at radius 3 is 2.71 bits per heavy atom. The van der Waals surface area contributed by atoms with E-state index in [1.165, 1.54) is 39.1 Å². The Labute approximate surface area is 187 Å². The van der Waals surface area contributed by atoms with Crippen molar-refractivity contribution in [3.63, 3.8) is 0 Å². The number of carbonyl (C=O) groups excluding carboxylic acids is 1. The molecule has 4 aromatic rings. The molecule has 2 aromatic heterocycles. The van der Waals surface area contributed by atoms with Crippen molar-refractivity contribution >= 4 is 39.7 Å². The van der Waals surface area contributed by atoms with Crippen LogP contribution in [0.2, 0.25) is 0 Å². The molecular formula is C23H21N3O3S2. The lowest BCUT2D eigenvalue weighted by Crippen LogP contribution is -2.16. The van der Waals surface area contributed by atoms with E-state index in [0.717, 1.165) is 10.5 Å². The molecule has 0 aliphatic carbocycles. The molecule has 0 saturated carbocycles. The Morgan fingerprint density at radius 1 is 1.13 bits per heavy atom. The van der Waals surface area contributed by atoms with E-state index in [1.54, 1.807) is 6.20 Å². The zero-order valence-corrected chi connectivity index (χ0v) is 18.8. The van der Waals surface area contributed by atoms with Gasteiger partial charge in [-0.1, -0.05) is 23.8 Å². The van der Waals surface area contributed by atoms with Gasteiger partial charge in [-0.25, -0.2) is 4.98 Å². The van der Waals surface area contributed by atoms with Gasteiger partial charge in [0, 0.05) is 22.5 Å². The van der Waals surface area contributed by atoms with E-state index in [4.69, 9.17) is 4.74 Å². The lowest BCUT2D eigenvalue weighted by Gasteiger charge is -2.13. The van der Waals surface area contributed by atoms with Gasteiger partial charge < -0.3 is 10.1 Å². The second-order valence-corrected chi connectivity index (χ2v) is 9.00. The summed E-state index contributed by atoms with van der Waals surface area (Å²) in [6.45, 7) is 4.12. The van der Waals surface area contributed by atoms with Crippen LogP contribution < -0.4 is 15.6 Å². The van der Waals surface area contributed by atoms with Crippen LogP contribution in [-0.4, -0.2) is 21.0 Å². The molecule has 0 fully saturated rings. The number of thiazole rings is 1. The first-order chi connectivity index (χ1) is 15.0. The SMILES string of the molecule is Cc1ccc(SCC(=O)Nc2cc(C)ccc2OCc2cc(=O)n3ccsc3n2)cc1. The molecule has 0 atom stereocenters. The minimum absolute atomic E-state index is 0.114. The molecule has 4 rings (SSSR count). The van der Waals surface area contributed by atoms with E-state index < -0.39 is 0 Å². The van der Waals surface area contributed by atoms with Crippen LogP contribution in [0.1, 0.15) is 16.8 Å². The summed E-state index contributed by atoms with van der Waals surface area (Å²) in [5.74, 6) is 0.717. The van der Waals surface area contributed by atoms with Crippen LogP contribution in [0.25, 0.3) is 4.96 Å². The van der Waals surface area contributed by atoms with Crippen LogP contribution in [0.15, 0.2) is 69.8 Å². The van der Waals surface area contributed by atoms with Crippen molar-refractivity contribution in [2.45, 2.75) is 25.3 Å². The van der Waals surface area contributed by atoms with Crippen molar-refractivity contribution in [1.82, 2.24) is 9.38 Å². The molecule has 0 spiro atoms. The number of hydrogen-bond acceptors (Lipinski definition) is 6. The minimum Gasteiger partial charge on any atom is -0.485 e. The zero-order valence-electron chi connectivity index (χ0n) is 17.1. The number of amides is 1. The molecule has 0 aliphatic rings. The second-order valence-electron chi connectivity index (χ2n) is 7.08. The van der Waals surface area contributed by atoms with Crippen molar-refractivity contribution in [3.8, 4) is 5.75 Å². The first kappa shape index (κ1) is 21.1. The number of aryl methyl sites for hydroxylation is 2. The van der Waals surface area contributed by atoms with E-state index >= 15 is 0 Å². The molecule has 2 heterocycles. The lowest BCUT2D eigenvalue weighted by molar-refractivity contribution is -0.113. The summed E-state index contributed by atoms with van der Waals surface area (Å²) in [5.41, 5.74) is 3.19. The van der Waals surface area contributed by atoms with Crippen molar-refractivity contribution in [3.05, 3.63) is 87.3 Å². The van der Waals surface area contributed by atoms with Gasteiger partial charge in [0.25, 0.3) is 5.56 Å². The number of thioether (sulfide) groups is 1. The monoisotopic (exact) mass is 451 g/mol. The van der Waals surface area contributed by atoms with Crippen LogP contribution in [0, 0.1) is 13.8 Å². The summed E-state index contributed by atoms with van der Waals surface area (Å²) < 4.78 is 7.41. The third kappa shape index (κ3) is 5.34. The van der Waals surface area contributed by atoms with E-state index in [1.807, 2.05) is 61.7 Å². The molecule has 31 heavy (non-hydrogen) atoms. The Morgan fingerprint density at radius 2 is 1.90 bits per heavy atom. The fraction of sp³-hybridized carbons (Fsp3) is 0.174. The molecule has 1 amide bonds. The molecule has 0 saturated heterocycles. The number of nitrogens with one attached hydrogen (secondary N) is 1. The van der Waals surface area contributed by atoms with Gasteiger partial charge >= 0.3 is 0 Å². The molecule has 158 valence electrons. The van der Waals surface area contributed by atoms with Gasteiger partial charge in [0.1, 0.15) is 12.4 Å². The number of hydrogen-bond donors (Lipinski definition) is 1. The summed E-state index contributed by atoms with van der Waals surface area (Å²) in [4.78, 5) is 30.8. The fourth-order valence-corrected chi connectivity index (χ4v) is 4.39. The minimum atomic E-state index is -0.143. The third-order valence-electron chi connectivity index (χ3n) is 4.53. The highest BCUT2D eigenvalue weighted by Crippen LogP contribution is 2.27. The van der Waals surface area contributed by atoms with Gasteiger partial charge in [0.05, 0.1) is 17.1 Å². The highest BCUT2D eigenvalue weighted by molar-refractivity contribution is 8.00. The number of fused-ring (bicyclic) bond motifs is 1. The van der Waals surface area contributed by atoms with Gasteiger partial charge in [-0.2, -0.15) is 0 Å². The largest absolute Gasteiger partial charge is 0.485 e. The van der Waals surface area contributed by atoms with E-state index in [0.29, 0.717) is 27.8 Å². The highest BCUT2D eigenvalue weighted by atomic mass is 32.2. The Balaban J connectivity index is 1.43. The molecule has 6 nitrogen and oxygen atoms in total. The predicted molar refractivity (Wildman–Crippen MR) is 125 cm³/mol. The maximum absolute atomic E-state index is 12.5. The number of nitrogens with zero attached hydrogens (tertiary/aromatic N) is 2. The summed E-state index contributed by atoms with van der Waals surface area (Å²) in [6.07, 6.45) is 1.70. The molecule has 0 aliphatic heterocycles. The summed E-state index contributed by atoms with van der Waals surface area (Å²) in [6, 6.07) is 15.1. The second kappa shape index (κ2) is 9.36. The number of carbonyl (C=O) groups is 1. The van der Waals surface area contributed by atoms with Crippen LogP contribution in [0.4, 0.5) is 5.69 Å². The first-order valence-corrected chi connectivity index (χ1v) is 11.5. The van der Waals surface area contributed by atoms with Crippen LogP contribution >= 0.6 is 23.1 Å². The highest BCUT2D eigenvalue weighted by Gasteiger charge is 2.11. The Hall–Kier alpha value is -3.10. The lowest BCUT2D eigenvalue weighted by atomic mass is 10.2. The summed E-state index contributed by atoms with van der Waals surface area (Å²) in [5, 5.41) is 4.75. The molecule has 0 bridgehead atoms. The maximum atomic E-state index is 12.5. The van der Waals surface area contributed by atoms with Crippen molar-refractivity contribution in [1.29, 1.82) is 0 Å². The molecule has 0 radical (unpaired) electrons. The molecule has 8 heteroatoms. The van der Waals surface area contributed by atoms with Gasteiger partial charge in [-0.05, 0) is 43.7 Å². The normalized spacial score (nSPS) is 10.9. The number of aromatic nitrogens is 2. The molecule has 0 unspecified atom stereocenters. The maximum Gasteiger partial charge on any atom is 0.258 e. The van der Waals surface area contributed by atoms with Crippen molar-refractivity contribution in [2.75, 3.05) is 11.1 Å². The summed E-state index contributed by atoms with van der Waals surface area (Å²) >= 11 is 2.87. The fourth-order valence-electron chi connectivity index (χ4n) is 2.95. The Bertz CT molecular complexity index is 1280. The van der Waals surface area contributed by atoms with Crippen LogP contribution in [0.5, 0.6) is 5.75 Å². The number of anilines is 1. The number of benzene rings is 2. The zero-order chi connectivity index (χ0) is 21.8. The first-order valence-electron chi connectivity index (χ1n) is 9.66. The van der Waals surface area contributed by atoms with Crippen LogP contribution in [-0.2, 0) is 11.4 Å². The van der Waals surface area contributed by atoms with Gasteiger partial charge in [-0.15, -0.1) is 23.1 Å². The van der Waals surface area contributed by atoms with E-state index in [9.17, 15) is 9.59 Å². The van der Waals surface area contributed by atoms with Crippen molar-refractivity contribution in [2.24, 2.45) is 0 Å². The van der Waals surface area contributed by atoms with Gasteiger partial charge in [0.15, 0.2) is 4.96 Å². The predicted octanol–water partition coefficient (Wildman–Crippen LogP) is 4.68. The molecule has 2 aromatic carbocycles. The number of rotatable bonds is 7. The molecular weight excluding hydrogens is 430 g/mol. The summed E-state index contributed by atoms with van der Waals surface area (Å²) in [7, 11) is 0. The van der Waals surface area contributed by atoms with Crippen LogP contribution in [0.3, 0.4) is 0 Å². The van der Waals surface area contributed by atoms with Gasteiger partial charge in [-0.3, -0.25) is 14.0 Å². The topological polar surface area (TPSA) is 72.7 Å². The third-order valence-corrected chi connectivity index (χ3v) is 6.30. The standard InChI is InChI=1S/C23H21N3O3S2/c1-15-3-6-18(7-4-15)31-14-21(27)25-19-11-16(2)5-8-20(19)29-13-17-12-22(28)26-9-10-30-23(26)24-17/h3-12H,13-14H2,1-2H3,(H,25,27).